The van der Waals surface area contributed by atoms with Crippen LogP contribution in [0, 0.1) is 0 Å². The topological polar surface area (TPSA) is 70.7 Å². The van der Waals surface area contributed by atoms with Crippen molar-refractivity contribution in [2.75, 3.05) is 33.8 Å². The second-order valence-corrected chi connectivity index (χ2v) is 3.74. The quantitative estimate of drug-likeness (QED) is 0.587. The van der Waals surface area contributed by atoms with Crippen molar-refractivity contribution in [2.24, 2.45) is 0 Å². The van der Waals surface area contributed by atoms with E-state index in [-0.39, 0.29) is 12.5 Å². The molecule has 0 spiro atoms. The van der Waals surface area contributed by atoms with Crippen molar-refractivity contribution < 1.29 is 14.3 Å². The molecule has 1 fully saturated rings. The molecule has 2 N–H and O–H groups in total. The van der Waals surface area contributed by atoms with Crippen LogP contribution in [0.1, 0.15) is 6.42 Å². The van der Waals surface area contributed by atoms with E-state index in [2.05, 4.69) is 15.4 Å². The average molecular weight is 215 g/mol. The maximum absolute atomic E-state index is 11.4. The molecule has 6 nitrogen and oxygen atoms in total. The number of ether oxygens (including phenoxy) is 1. The Morgan fingerprint density at radius 3 is 2.93 bits per heavy atom. The number of carbonyl (C=O) groups excluding carboxylic acids is 2. The number of cyclic esters (lactones) is 1. The van der Waals surface area contributed by atoms with E-state index in [1.54, 1.807) is 0 Å². The van der Waals surface area contributed by atoms with Gasteiger partial charge in [0.2, 0.25) is 5.91 Å². The van der Waals surface area contributed by atoms with Gasteiger partial charge in [0.15, 0.2) is 0 Å². The smallest absolute Gasteiger partial charge is 0.407 e. The number of amides is 2. The van der Waals surface area contributed by atoms with Gasteiger partial charge in [-0.3, -0.25) is 4.79 Å². The highest BCUT2D eigenvalue weighted by atomic mass is 16.6. The molecule has 0 aliphatic carbocycles. The third kappa shape index (κ3) is 4.16. The van der Waals surface area contributed by atoms with Crippen molar-refractivity contribution in [2.45, 2.75) is 12.5 Å². The SMILES string of the molecule is CN(C)CCCNC(=O)C1COC(=O)N1. The summed E-state index contributed by atoms with van der Waals surface area (Å²) < 4.78 is 4.61. The molecule has 1 aliphatic heterocycles. The zero-order chi connectivity index (χ0) is 11.3. The van der Waals surface area contributed by atoms with Crippen molar-refractivity contribution in [1.29, 1.82) is 0 Å². The lowest BCUT2D eigenvalue weighted by atomic mass is 10.3. The van der Waals surface area contributed by atoms with Gasteiger partial charge in [-0.15, -0.1) is 0 Å². The number of hydrogen-bond acceptors (Lipinski definition) is 4. The number of carbonyl (C=O) groups is 2. The van der Waals surface area contributed by atoms with Gasteiger partial charge in [-0.05, 0) is 27.1 Å². The summed E-state index contributed by atoms with van der Waals surface area (Å²) in [5.74, 6) is -0.181. The first-order chi connectivity index (χ1) is 7.09. The molecule has 0 aromatic heterocycles. The predicted molar refractivity (Wildman–Crippen MR) is 54.5 cm³/mol. The van der Waals surface area contributed by atoms with Gasteiger partial charge in [-0.25, -0.2) is 4.79 Å². The van der Waals surface area contributed by atoms with Crippen LogP contribution in [0.25, 0.3) is 0 Å². The van der Waals surface area contributed by atoms with Crippen LogP contribution in [0.3, 0.4) is 0 Å². The van der Waals surface area contributed by atoms with Crippen LogP contribution in [0.2, 0.25) is 0 Å². The molecule has 1 saturated heterocycles. The summed E-state index contributed by atoms with van der Waals surface area (Å²) in [5, 5.41) is 5.16. The third-order valence-corrected chi connectivity index (χ3v) is 2.07. The van der Waals surface area contributed by atoms with Gasteiger partial charge in [0.05, 0.1) is 0 Å². The number of rotatable bonds is 5. The van der Waals surface area contributed by atoms with Gasteiger partial charge in [-0.2, -0.15) is 0 Å². The van der Waals surface area contributed by atoms with Gasteiger partial charge in [0.1, 0.15) is 12.6 Å². The van der Waals surface area contributed by atoms with Crippen LogP contribution < -0.4 is 10.6 Å². The average Bonchev–Trinajstić information content (AvgIpc) is 2.59. The zero-order valence-corrected chi connectivity index (χ0v) is 9.08. The summed E-state index contributed by atoms with van der Waals surface area (Å²) >= 11 is 0. The molecule has 1 rings (SSSR count). The molecule has 0 aromatic carbocycles. The van der Waals surface area contributed by atoms with Crippen LogP contribution in [0.5, 0.6) is 0 Å². The van der Waals surface area contributed by atoms with Crippen molar-refractivity contribution in [1.82, 2.24) is 15.5 Å². The molecular formula is C9H17N3O3. The fraction of sp³-hybridized carbons (Fsp3) is 0.778. The van der Waals surface area contributed by atoms with E-state index in [1.807, 2.05) is 19.0 Å². The lowest BCUT2D eigenvalue weighted by Gasteiger charge is -2.11. The van der Waals surface area contributed by atoms with Crippen molar-refractivity contribution >= 4 is 12.0 Å². The Morgan fingerprint density at radius 2 is 2.40 bits per heavy atom. The Morgan fingerprint density at radius 1 is 1.67 bits per heavy atom. The van der Waals surface area contributed by atoms with Gasteiger partial charge in [-0.1, -0.05) is 0 Å². The highest BCUT2D eigenvalue weighted by Crippen LogP contribution is 1.97. The van der Waals surface area contributed by atoms with Crippen molar-refractivity contribution in [3.8, 4) is 0 Å². The van der Waals surface area contributed by atoms with E-state index in [1.165, 1.54) is 0 Å². The van der Waals surface area contributed by atoms with E-state index < -0.39 is 12.1 Å². The summed E-state index contributed by atoms with van der Waals surface area (Å²) in [6.07, 6.45) is 0.365. The fourth-order valence-electron chi connectivity index (χ4n) is 1.26. The highest BCUT2D eigenvalue weighted by Gasteiger charge is 2.28. The number of nitrogens with zero attached hydrogens (tertiary/aromatic N) is 1. The summed E-state index contributed by atoms with van der Waals surface area (Å²) in [4.78, 5) is 24.1. The highest BCUT2D eigenvalue weighted by molar-refractivity contribution is 5.87. The standard InChI is InChI=1S/C9H17N3O3/c1-12(2)5-3-4-10-8(13)7-6-15-9(14)11-7/h7H,3-6H2,1-2H3,(H,10,13)(H,11,14). The van der Waals surface area contributed by atoms with Crippen LogP contribution in [-0.2, 0) is 9.53 Å². The lowest BCUT2D eigenvalue weighted by Crippen LogP contribution is -2.43. The molecule has 0 radical (unpaired) electrons. The Kier molecular flexibility index (Phi) is 4.36. The Hall–Kier alpha value is -1.30. The lowest BCUT2D eigenvalue weighted by molar-refractivity contribution is -0.122. The second kappa shape index (κ2) is 5.55. The zero-order valence-electron chi connectivity index (χ0n) is 9.08. The van der Waals surface area contributed by atoms with E-state index in [9.17, 15) is 9.59 Å². The molecule has 1 heterocycles. The molecule has 0 aromatic rings. The van der Waals surface area contributed by atoms with E-state index >= 15 is 0 Å². The maximum atomic E-state index is 11.4. The minimum atomic E-state index is -0.531. The molecule has 1 atom stereocenters. The Balaban J connectivity index is 2.11. The Labute approximate surface area is 88.9 Å². The summed E-state index contributed by atoms with van der Waals surface area (Å²) in [6.45, 7) is 1.66. The van der Waals surface area contributed by atoms with Gasteiger partial charge >= 0.3 is 6.09 Å². The van der Waals surface area contributed by atoms with Crippen molar-refractivity contribution in [3.63, 3.8) is 0 Å². The summed E-state index contributed by atoms with van der Waals surface area (Å²) in [6, 6.07) is -0.531. The summed E-state index contributed by atoms with van der Waals surface area (Å²) in [7, 11) is 3.96. The molecular weight excluding hydrogens is 198 g/mol. The number of alkyl carbamates (subject to hydrolysis) is 1. The van der Waals surface area contributed by atoms with Gasteiger partial charge in [0.25, 0.3) is 0 Å². The molecule has 0 bridgehead atoms. The minimum Gasteiger partial charge on any atom is -0.447 e. The van der Waals surface area contributed by atoms with Crippen LogP contribution >= 0.6 is 0 Å². The predicted octanol–water partition coefficient (Wildman–Crippen LogP) is -0.837. The van der Waals surface area contributed by atoms with Crippen LogP contribution in [0.4, 0.5) is 4.79 Å². The third-order valence-electron chi connectivity index (χ3n) is 2.07. The molecule has 2 amide bonds. The first kappa shape index (κ1) is 11.8. The maximum Gasteiger partial charge on any atom is 0.407 e. The first-order valence-electron chi connectivity index (χ1n) is 4.95. The van der Waals surface area contributed by atoms with Crippen LogP contribution in [0.15, 0.2) is 0 Å². The molecule has 6 heteroatoms. The molecule has 0 saturated carbocycles. The minimum absolute atomic E-state index is 0.123. The first-order valence-corrected chi connectivity index (χ1v) is 4.95. The van der Waals surface area contributed by atoms with Crippen molar-refractivity contribution in [3.05, 3.63) is 0 Å². The number of nitrogens with one attached hydrogen (secondary N) is 2. The molecule has 86 valence electrons. The van der Waals surface area contributed by atoms with Crippen LogP contribution in [-0.4, -0.2) is 56.7 Å². The fourth-order valence-corrected chi connectivity index (χ4v) is 1.26. The summed E-state index contributed by atoms with van der Waals surface area (Å²) in [5.41, 5.74) is 0. The number of hydrogen-bond donors (Lipinski definition) is 2. The normalized spacial score (nSPS) is 19.9. The second-order valence-electron chi connectivity index (χ2n) is 3.74. The monoisotopic (exact) mass is 215 g/mol. The van der Waals surface area contributed by atoms with Gasteiger partial charge in [0, 0.05) is 6.54 Å². The van der Waals surface area contributed by atoms with Gasteiger partial charge < -0.3 is 20.3 Å². The van der Waals surface area contributed by atoms with E-state index in [4.69, 9.17) is 0 Å². The molecule has 1 aliphatic rings. The molecule has 15 heavy (non-hydrogen) atoms. The largest absolute Gasteiger partial charge is 0.447 e. The van der Waals surface area contributed by atoms with E-state index in [0.29, 0.717) is 6.54 Å². The molecule has 1 unspecified atom stereocenters. The van der Waals surface area contributed by atoms with E-state index in [0.717, 1.165) is 13.0 Å². The Bertz CT molecular complexity index is 243.